The fourth-order valence-electron chi connectivity index (χ4n) is 2.82. The summed E-state index contributed by atoms with van der Waals surface area (Å²) in [4.78, 5) is 12.5. The van der Waals surface area contributed by atoms with Crippen molar-refractivity contribution in [2.24, 2.45) is 5.41 Å². The highest BCUT2D eigenvalue weighted by Crippen LogP contribution is 2.40. The molecule has 0 aliphatic carbocycles. The van der Waals surface area contributed by atoms with E-state index in [4.69, 9.17) is 14.6 Å². The third-order valence-corrected chi connectivity index (χ3v) is 4.83. The summed E-state index contributed by atoms with van der Waals surface area (Å²) < 4.78 is 12.2. The largest absolute Gasteiger partial charge is 0.491 e. The zero-order valence-corrected chi connectivity index (χ0v) is 17.6. The highest BCUT2D eigenvalue weighted by molar-refractivity contribution is 9.10. The number of aliphatic hydroxyl groups is 2. The van der Waals surface area contributed by atoms with E-state index in [9.17, 15) is 9.90 Å². The van der Waals surface area contributed by atoms with Crippen molar-refractivity contribution in [2.75, 3.05) is 25.1 Å². The van der Waals surface area contributed by atoms with E-state index in [1.54, 1.807) is 30.3 Å². The highest BCUT2D eigenvalue weighted by Gasteiger charge is 2.34. The van der Waals surface area contributed by atoms with Crippen molar-refractivity contribution in [3.8, 4) is 5.75 Å². The molecule has 0 aromatic heterocycles. The maximum atomic E-state index is 12.5. The molecule has 0 saturated heterocycles. The number of anilines is 1. The van der Waals surface area contributed by atoms with E-state index >= 15 is 0 Å². The number of hydrogen-bond acceptors (Lipinski definition) is 5. The second kappa shape index (κ2) is 10.5. The Morgan fingerprint density at radius 3 is 2.50 bits per heavy atom. The van der Waals surface area contributed by atoms with Gasteiger partial charge in [-0.1, -0.05) is 41.9 Å². The van der Waals surface area contributed by atoms with Gasteiger partial charge < -0.3 is 19.7 Å². The third-order valence-electron chi connectivity index (χ3n) is 4.30. The number of hydrogen-bond donors (Lipinski definition) is 3. The van der Waals surface area contributed by atoms with Crippen LogP contribution >= 0.6 is 15.9 Å². The van der Waals surface area contributed by atoms with E-state index < -0.39 is 17.6 Å². The monoisotopic (exact) mass is 451 g/mol. The van der Waals surface area contributed by atoms with E-state index in [0.717, 1.165) is 10.0 Å². The Hall–Kier alpha value is -2.09. The fourth-order valence-corrected chi connectivity index (χ4v) is 3.08. The lowest BCUT2D eigenvalue weighted by Crippen LogP contribution is -2.29. The Labute approximate surface area is 173 Å². The van der Waals surface area contributed by atoms with Crippen molar-refractivity contribution < 1.29 is 24.5 Å². The number of ether oxygens (including phenoxy) is 2. The molecule has 0 fully saturated rings. The molecule has 2 aromatic carbocycles. The van der Waals surface area contributed by atoms with Crippen LogP contribution in [0.4, 0.5) is 10.5 Å². The van der Waals surface area contributed by atoms with E-state index in [2.05, 4.69) is 21.2 Å². The first-order valence-corrected chi connectivity index (χ1v) is 9.82. The molecule has 7 heteroatoms. The van der Waals surface area contributed by atoms with Gasteiger partial charge in [-0.3, -0.25) is 5.32 Å². The van der Waals surface area contributed by atoms with Gasteiger partial charge in [-0.05, 0) is 48.4 Å². The first-order valence-electron chi connectivity index (χ1n) is 9.03. The zero-order valence-electron chi connectivity index (χ0n) is 16.0. The summed E-state index contributed by atoms with van der Waals surface area (Å²) in [7, 11) is 0. The first kappa shape index (κ1) is 22.2. The molecule has 0 aliphatic heterocycles. The zero-order chi connectivity index (χ0) is 20.6. The molecular weight excluding hydrogens is 426 g/mol. The normalized spacial score (nSPS) is 12.3. The smallest absolute Gasteiger partial charge is 0.412 e. The van der Waals surface area contributed by atoms with Crippen molar-refractivity contribution in [1.82, 2.24) is 0 Å². The summed E-state index contributed by atoms with van der Waals surface area (Å²) in [6.07, 6.45) is -0.738. The number of carbonyl (C=O) groups excluding carboxylic acids is 1. The van der Waals surface area contributed by atoms with Crippen LogP contribution < -0.4 is 10.1 Å². The second-order valence-electron chi connectivity index (χ2n) is 7.02. The Balaban J connectivity index is 2.22. The molecule has 3 N–H and O–H groups in total. The molecule has 152 valence electrons. The van der Waals surface area contributed by atoms with Crippen LogP contribution in [0.5, 0.6) is 5.75 Å². The summed E-state index contributed by atoms with van der Waals surface area (Å²) in [6, 6.07) is 14.4. The lowest BCUT2D eigenvalue weighted by molar-refractivity contribution is 0.0150. The minimum absolute atomic E-state index is 0.0259. The fraction of sp³-hybridized carbons (Fsp3) is 0.381. The maximum absolute atomic E-state index is 12.5. The van der Waals surface area contributed by atoms with Gasteiger partial charge in [-0.25, -0.2) is 4.79 Å². The second-order valence-corrected chi connectivity index (χ2v) is 7.94. The van der Waals surface area contributed by atoms with Gasteiger partial charge in [-0.15, -0.1) is 0 Å². The van der Waals surface area contributed by atoms with Gasteiger partial charge in [0.05, 0.1) is 6.61 Å². The van der Waals surface area contributed by atoms with Gasteiger partial charge in [0, 0.05) is 22.2 Å². The van der Waals surface area contributed by atoms with E-state index in [1.165, 1.54) is 0 Å². The van der Waals surface area contributed by atoms with Gasteiger partial charge >= 0.3 is 6.09 Å². The molecule has 0 heterocycles. The van der Waals surface area contributed by atoms with Crippen LogP contribution in [0.1, 0.15) is 31.9 Å². The molecule has 28 heavy (non-hydrogen) atoms. The van der Waals surface area contributed by atoms with Crippen LogP contribution in [0, 0.1) is 5.41 Å². The van der Waals surface area contributed by atoms with Crippen LogP contribution in [0.2, 0.25) is 0 Å². The molecule has 6 nitrogen and oxygen atoms in total. The number of carbonyl (C=O) groups is 1. The SMILES string of the molecule is CC(C)(CCO)[C@@H](OC(=O)Nc1ccc(Br)cc1)c1cccc(OCCO)c1. The molecule has 0 saturated carbocycles. The molecule has 0 unspecified atom stereocenters. The number of amides is 1. The minimum atomic E-state index is -0.604. The topological polar surface area (TPSA) is 88.0 Å². The Kier molecular flexibility index (Phi) is 8.29. The van der Waals surface area contributed by atoms with Crippen molar-refractivity contribution in [1.29, 1.82) is 0 Å². The molecule has 1 amide bonds. The number of nitrogens with one attached hydrogen (secondary N) is 1. The van der Waals surface area contributed by atoms with Crippen molar-refractivity contribution >= 4 is 27.7 Å². The lowest BCUT2D eigenvalue weighted by Gasteiger charge is -2.34. The summed E-state index contributed by atoms with van der Waals surface area (Å²) in [6.45, 7) is 3.93. The quantitative estimate of drug-likeness (QED) is 0.521. The average Bonchev–Trinajstić information content (AvgIpc) is 2.66. The molecule has 0 bridgehead atoms. The van der Waals surface area contributed by atoms with Crippen LogP contribution in [0.15, 0.2) is 53.0 Å². The first-order chi connectivity index (χ1) is 13.4. The molecule has 2 aromatic rings. The van der Waals surface area contributed by atoms with Crippen molar-refractivity contribution in [3.63, 3.8) is 0 Å². The number of benzene rings is 2. The Morgan fingerprint density at radius 1 is 1.14 bits per heavy atom. The Morgan fingerprint density at radius 2 is 1.86 bits per heavy atom. The van der Waals surface area contributed by atoms with E-state index in [-0.39, 0.29) is 19.8 Å². The van der Waals surface area contributed by atoms with Gasteiger partial charge in [0.2, 0.25) is 0 Å². The number of rotatable bonds is 9. The van der Waals surface area contributed by atoms with Gasteiger partial charge in [-0.2, -0.15) is 0 Å². The molecule has 0 spiro atoms. The van der Waals surface area contributed by atoms with E-state index in [0.29, 0.717) is 17.9 Å². The van der Waals surface area contributed by atoms with Gasteiger partial charge in [0.15, 0.2) is 0 Å². The average molecular weight is 452 g/mol. The maximum Gasteiger partial charge on any atom is 0.412 e. The number of aliphatic hydroxyl groups excluding tert-OH is 2. The summed E-state index contributed by atoms with van der Waals surface area (Å²) in [5.74, 6) is 0.577. The van der Waals surface area contributed by atoms with Crippen LogP contribution in [0.25, 0.3) is 0 Å². The standard InChI is InChI=1S/C21H26BrNO5/c1-21(2,10-11-24)19(15-4-3-5-18(14-15)27-13-12-25)28-20(26)23-17-8-6-16(22)7-9-17/h3-9,14,19,24-25H,10-13H2,1-2H3,(H,23,26)/t19-/m0/s1. The van der Waals surface area contributed by atoms with Gasteiger partial charge in [0.1, 0.15) is 18.5 Å². The predicted octanol–water partition coefficient (Wildman–Crippen LogP) is 4.52. The number of halogens is 1. The molecular formula is C21H26BrNO5. The van der Waals surface area contributed by atoms with Crippen molar-refractivity contribution in [3.05, 3.63) is 58.6 Å². The van der Waals surface area contributed by atoms with Crippen molar-refractivity contribution in [2.45, 2.75) is 26.4 Å². The van der Waals surface area contributed by atoms with Gasteiger partial charge in [0.25, 0.3) is 0 Å². The molecule has 2 rings (SSSR count). The molecule has 1 atom stereocenters. The summed E-state index contributed by atoms with van der Waals surface area (Å²) in [5, 5.41) is 21.1. The lowest BCUT2D eigenvalue weighted by atomic mass is 9.80. The summed E-state index contributed by atoms with van der Waals surface area (Å²) in [5.41, 5.74) is 0.855. The highest BCUT2D eigenvalue weighted by atomic mass is 79.9. The van der Waals surface area contributed by atoms with E-state index in [1.807, 2.05) is 32.0 Å². The van der Waals surface area contributed by atoms with Crippen LogP contribution in [0.3, 0.4) is 0 Å². The van der Waals surface area contributed by atoms with Crippen LogP contribution in [-0.2, 0) is 4.74 Å². The molecule has 0 aliphatic rings. The van der Waals surface area contributed by atoms with Crippen LogP contribution in [-0.4, -0.2) is 36.1 Å². The predicted molar refractivity (Wildman–Crippen MR) is 111 cm³/mol. The Bertz CT molecular complexity index is 764. The molecule has 0 radical (unpaired) electrons. The summed E-state index contributed by atoms with van der Waals surface area (Å²) >= 11 is 3.36. The minimum Gasteiger partial charge on any atom is -0.491 e. The third kappa shape index (κ3) is 6.51.